The topological polar surface area (TPSA) is 61.6 Å². The van der Waals surface area contributed by atoms with Crippen molar-refractivity contribution in [2.75, 3.05) is 39.3 Å². The van der Waals surface area contributed by atoms with Crippen molar-refractivity contribution in [3.63, 3.8) is 0 Å². The van der Waals surface area contributed by atoms with Crippen LogP contribution in [0.2, 0.25) is 0 Å². The number of rotatable bonds is 4. The highest BCUT2D eigenvalue weighted by atomic mass is 16.3. The summed E-state index contributed by atoms with van der Waals surface area (Å²) in [5.41, 5.74) is 0. The third kappa shape index (κ3) is 3.54. The second-order valence-corrected chi connectivity index (χ2v) is 4.50. The average molecular weight is 252 g/mol. The molecule has 0 atom stereocenters. The molecule has 1 aromatic heterocycles. The molecule has 1 aliphatic heterocycles. The summed E-state index contributed by atoms with van der Waals surface area (Å²) in [6, 6.07) is 1.82. The van der Waals surface area contributed by atoms with E-state index < -0.39 is 0 Å². The van der Waals surface area contributed by atoms with Crippen molar-refractivity contribution in [3.05, 3.63) is 18.5 Å². The molecule has 0 spiro atoms. The number of nitrogens with zero attached hydrogens (tertiary/aromatic N) is 4. The monoisotopic (exact) mass is 252 g/mol. The van der Waals surface area contributed by atoms with Gasteiger partial charge in [0.25, 0.3) is 0 Å². The van der Waals surface area contributed by atoms with Gasteiger partial charge >= 0.3 is 0 Å². The zero-order valence-electron chi connectivity index (χ0n) is 10.5. The van der Waals surface area contributed by atoms with E-state index in [2.05, 4.69) is 10.00 Å². The van der Waals surface area contributed by atoms with E-state index in [9.17, 15) is 4.79 Å². The molecule has 0 aromatic carbocycles. The lowest BCUT2D eigenvalue weighted by Gasteiger charge is -2.21. The van der Waals surface area contributed by atoms with Crippen LogP contribution in [0.1, 0.15) is 6.42 Å². The van der Waals surface area contributed by atoms with Crippen molar-refractivity contribution in [2.24, 2.45) is 0 Å². The Labute approximate surface area is 107 Å². The smallest absolute Gasteiger partial charge is 0.244 e. The zero-order chi connectivity index (χ0) is 12.8. The molecule has 6 heteroatoms. The minimum absolute atomic E-state index is 0.115. The molecule has 1 aromatic rings. The molecule has 2 heterocycles. The Morgan fingerprint density at radius 2 is 2.17 bits per heavy atom. The number of aliphatic hydroxyl groups excluding tert-OH is 1. The molecule has 0 saturated carbocycles. The van der Waals surface area contributed by atoms with E-state index in [0.29, 0.717) is 13.1 Å². The van der Waals surface area contributed by atoms with Crippen molar-refractivity contribution < 1.29 is 9.90 Å². The van der Waals surface area contributed by atoms with Gasteiger partial charge in [-0.05, 0) is 19.0 Å². The standard InChI is InChI=1S/C12H20N4O2/c17-10-9-14-4-2-5-15(8-7-14)12(18)11-16-6-1-3-13-16/h1,3,6,17H,2,4-5,7-11H2. The van der Waals surface area contributed by atoms with E-state index in [-0.39, 0.29) is 12.5 Å². The van der Waals surface area contributed by atoms with E-state index in [1.165, 1.54) is 0 Å². The number of carbonyl (C=O) groups is 1. The average Bonchev–Trinajstić information content (AvgIpc) is 2.74. The molecular formula is C12H20N4O2. The first-order valence-electron chi connectivity index (χ1n) is 6.38. The lowest BCUT2D eigenvalue weighted by Crippen LogP contribution is -2.37. The highest BCUT2D eigenvalue weighted by Gasteiger charge is 2.18. The third-order valence-corrected chi connectivity index (χ3v) is 3.21. The molecule has 6 nitrogen and oxygen atoms in total. The summed E-state index contributed by atoms with van der Waals surface area (Å²) in [7, 11) is 0. The SMILES string of the molecule is O=C(Cn1cccn1)N1CCCN(CCO)CC1. The summed E-state index contributed by atoms with van der Waals surface area (Å²) in [6.45, 7) is 4.51. The van der Waals surface area contributed by atoms with Crippen LogP contribution in [0.5, 0.6) is 0 Å². The molecule has 0 aliphatic carbocycles. The summed E-state index contributed by atoms with van der Waals surface area (Å²) < 4.78 is 1.65. The van der Waals surface area contributed by atoms with Crippen LogP contribution in [-0.2, 0) is 11.3 Å². The summed E-state index contributed by atoms with van der Waals surface area (Å²) in [5.74, 6) is 0.115. The highest BCUT2D eigenvalue weighted by molar-refractivity contribution is 5.75. The number of hydrogen-bond donors (Lipinski definition) is 1. The first-order valence-corrected chi connectivity index (χ1v) is 6.38. The Morgan fingerprint density at radius 1 is 1.28 bits per heavy atom. The number of carbonyl (C=O) groups excluding carboxylic acids is 1. The van der Waals surface area contributed by atoms with Crippen molar-refractivity contribution >= 4 is 5.91 Å². The molecule has 100 valence electrons. The predicted octanol–water partition coefficient (Wildman–Crippen LogP) is -0.590. The van der Waals surface area contributed by atoms with Crippen LogP contribution >= 0.6 is 0 Å². The molecule has 0 bridgehead atoms. The number of aliphatic hydroxyl groups is 1. The quantitative estimate of drug-likeness (QED) is 0.778. The molecule has 1 saturated heterocycles. The predicted molar refractivity (Wildman–Crippen MR) is 66.9 cm³/mol. The van der Waals surface area contributed by atoms with Gasteiger partial charge in [0.05, 0.1) is 6.61 Å². The van der Waals surface area contributed by atoms with E-state index in [1.807, 2.05) is 11.0 Å². The maximum absolute atomic E-state index is 12.1. The van der Waals surface area contributed by atoms with Gasteiger partial charge in [-0.15, -0.1) is 0 Å². The van der Waals surface area contributed by atoms with Crippen molar-refractivity contribution in [3.8, 4) is 0 Å². The zero-order valence-corrected chi connectivity index (χ0v) is 10.5. The van der Waals surface area contributed by atoms with Crippen LogP contribution in [0, 0.1) is 0 Å². The van der Waals surface area contributed by atoms with Gasteiger partial charge in [-0.25, -0.2) is 0 Å². The van der Waals surface area contributed by atoms with Gasteiger partial charge in [-0.3, -0.25) is 14.4 Å². The van der Waals surface area contributed by atoms with Crippen molar-refractivity contribution in [1.82, 2.24) is 19.6 Å². The minimum Gasteiger partial charge on any atom is -0.395 e. The second kappa shape index (κ2) is 6.51. The largest absolute Gasteiger partial charge is 0.395 e. The second-order valence-electron chi connectivity index (χ2n) is 4.50. The summed E-state index contributed by atoms with van der Waals surface area (Å²) in [5, 5.41) is 13.0. The Bertz CT molecular complexity index is 366. The normalized spacial score (nSPS) is 17.7. The van der Waals surface area contributed by atoms with Crippen molar-refractivity contribution in [1.29, 1.82) is 0 Å². The third-order valence-electron chi connectivity index (χ3n) is 3.21. The molecule has 1 aliphatic rings. The first kappa shape index (κ1) is 13.0. The fourth-order valence-electron chi connectivity index (χ4n) is 2.22. The van der Waals surface area contributed by atoms with Gasteiger partial charge in [-0.1, -0.05) is 0 Å². The summed E-state index contributed by atoms with van der Waals surface area (Å²) in [6.07, 6.45) is 4.44. The summed E-state index contributed by atoms with van der Waals surface area (Å²) in [4.78, 5) is 16.2. The molecule has 0 radical (unpaired) electrons. The van der Waals surface area contributed by atoms with E-state index in [1.54, 1.807) is 17.1 Å². The molecule has 1 N–H and O–H groups in total. The van der Waals surface area contributed by atoms with Crippen LogP contribution in [0.4, 0.5) is 0 Å². The fourth-order valence-corrected chi connectivity index (χ4v) is 2.22. The van der Waals surface area contributed by atoms with E-state index in [4.69, 9.17) is 5.11 Å². The van der Waals surface area contributed by atoms with Gasteiger partial charge in [0, 0.05) is 38.6 Å². The lowest BCUT2D eigenvalue weighted by molar-refractivity contribution is -0.131. The van der Waals surface area contributed by atoms with Gasteiger partial charge in [-0.2, -0.15) is 5.10 Å². The van der Waals surface area contributed by atoms with Gasteiger partial charge in [0.1, 0.15) is 6.54 Å². The Morgan fingerprint density at radius 3 is 2.89 bits per heavy atom. The highest BCUT2D eigenvalue weighted by Crippen LogP contribution is 2.04. The molecule has 2 rings (SSSR count). The maximum atomic E-state index is 12.1. The van der Waals surface area contributed by atoms with Gasteiger partial charge < -0.3 is 10.0 Å². The maximum Gasteiger partial charge on any atom is 0.244 e. The van der Waals surface area contributed by atoms with E-state index >= 15 is 0 Å². The van der Waals surface area contributed by atoms with Crippen LogP contribution in [-0.4, -0.2) is 69.9 Å². The molecule has 1 fully saturated rings. The Balaban J connectivity index is 1.83. The fraction of sp³-hybridized carbons (Fsp3) is 0.667. The first-order chi connectivity index (χ1) is 8.79. The van der Waals surface area contributed by atoms with Crippen LogP contribution in [0.3, 0.4) is 0 Å². The minimum atomic E-state index is 0.115. The Hall–Kier alpha value is -1.40. The van der Waals surface area contributed by atoms with Crippen LogP contribution in [0.25, 0.3) is 0 Å². The molecular weight excluding hydrogens is 232 g/mol. The lowest BCUT2D eigenvalue weighted by atomic mass is 10.3. The van der Waals surface area contributed by atoms with Crippen molar-refractivity contribution in [2.45, 2.75) is 13.0 Å². The summed E-state index contributed by atoms with van der Waals surface area (Å²) >= 11 is 0. The van der Waals surface area contributed by atoms with E-state index in [0.717, 1.165) is 32.6 Å². The number of hydrogen-bond acceptors (Lipinski definition) is 4. The molecule has 18 heavy (non-hydrogen) atoms. The van der Waals surface area contributed by atoms with Gasteiger partial charge in [0.2, 0.25) is 5.91 Å². The molecule has 0 unspecified atom stereocenters. The van der Waals surface area contributed by atoms with Gasteiger partial charge in [0.15, 0.2) is 0 Å². The number of β-amino-alcohol motifs (C(OH)–C–C–N with tert-alkyl or cyclic N) is 1. The molecule has 1 amide bonds. The Kier molecular flexibility index (Phi) is 4.72. The van der Waals surface area contributed by atoms with Crippen LogP contribution in [0.15, 0.2) is 18.5 Å². The number of aromatic nitrogens is 2. The number of amides is 1. The van der Waals surface area contributed by atoms with Crippen LogP contribution < -0.4 is 0 Å².